The van der Waals surface area contributed by atoms with Crippen LogP contribution in [-0.2, 0) is 13.0 Å². The summed E-state index contributed by atoms with van der Waals surface area (Å²) in [6, 6.07) is 19.2. The average Bonchev–Trinajstić information content (AvgIpc) is 3.51. The molecule has 31 heavy (non-hydrogen) atoms. The summed E-state index contributed by atoms with van der Waals surface area (Å²) in [6.07, 6.45) is 3.06. The minimum atomic E-state index is -0.234. The van der Waals surface area contributed by atoms with E-state index in [1.807, 2.05) is 61.5 Å². The molecule has 1 fully saturated rings. The monoisotopic (exact) mass is 417 g/mol. The number of nitrogens with one attached hydrogen (secondary N) is 1. The summed E-state index contributed by atoms with van der Waals surface area (Å²) in [5, 5.41) is 6.79. The molecule has 4 rings (SSSR count). The lowest BCUT2D eigenvalue weighted by molar-refractivity contribution is 0.0729. The summed E-state index contributed by atoms with van der Waals surface area (Å²) in [4.78, 5) is 27.2. The standard InChI is InChI=1S/C25H27N3O3/c1-18-7-11-21(12-8-18)25(30)28(14-13-19-5-3-2-4-6-19)17-22-15-23(27-31-22)24(29)26-16-20-9-10-20/h2-8,11-12,15,20H,9-10,13-14,16-17H2,1H3,(H,26,29). The minimum Gasteiger partial charge on any atom is -0.359 e. The molecule has 160 valence electrons. The number of carbonyl (C=O) groups excluding carboxylic acids is 2. The predicted octanol–water partition coefficient (Wildman–Crippen LogP) is 4.01. The van der Waals surface area contributed by atoms with Gasteiger partial charge in [-0.3, -0.25) is 9.59 Å². The minimum absolute atomic E-state index is 0.0768. The van der Waals surface area contributed by atoms with Crippen LogP contribution in [0.5, 0.6) is 0 Å². The van der Waals surface area contributed by atoms with Crippen LogP contribution in [0.4, 0.5) is 0 Å². The Hall–Kier alpha value is -3.41. The van der Waals surface area contributed by atoms with Crippen LogP contribution in [0.2, 0.25) is 0 Å². The normalized spacial score (nSPS) is 13.1. The second kappa shape index (κ2) is 9.60. The SMILES string of the molecule is Cc1ccc(C(=O)N(CCc2ccccc2)Cc2cc(C(=O)NCC3CC3)no2)cc1. The highest BCUT2D eigenvalue weighted by molar-refractivity contribution is 5.94. The van der Waals surface area contributed by atoms with Gasteiger partial charge in [-0.1, -0.05) is 53.2 Å². The van der Waals surface area contributed by atoms with E-state index in [1.54, 1.807) is 11.0 Å². The molecule has 1 N–H and O–H groups in total. The molecule has 1 aliphatic carbocycles. The van der Waals surface area contributed by atoms with Crippen molar-refractivity contribution in [2.75, 3.05) is 13.1 Å². The van der Waals surface area contributed by atoms with Crippen LogP contribution < -0.4 is 5.32 Å². The largest absolute Gasteiger partial charge is 0.359 e. The fraction of sp³-hybridized carbons (Fsp3) is 0.320. The Balaban J connectivity index is 1.46. The molecule has 1 saturated carbocycles. The highest BCUT2D eigenvalue weighted by atomic mass is 16.5. The zero-order valence-electron chi connectivity index (χ0n) is 17.7. The highest BCUT2D eigenvalue weighted by Crippen LogP contribution is 2.27. The van der Waals surface area contributed by atoms with E-state index >= 15 is 0 Å². The van der Waals surface area contributed by atoms with E-state index in [2.05, 4.69) is 10.5 Å². The molecule has 0 aliphatic heterocycles. The zero-order valence-corrected chi connectivity index (χ0v) is 17.7. The second-order valence-corrected chi connectivity index (χ2v) is 8.16. The molecule has 2 amide bonds. The van der Waals surface area contributed by atoms with Crippen molar-refractivity contribution in [3.63, 3.8) is 0 Å². The molecule has 0 spiro atoms. The van der Waals surface area contributed by atoms with Gasteiger partial charge in [0, 0.05) is 24.7 Å². The second-order valence-electron chi connectivity index (χ2n) is 8.16. The molecular weight excluding hydrogens is 390 g/mol. The molecule has 0 bridgehead atoms. The van der Waals surface area contributed by atoms with Gasteiger partial charge in [0.1, 0.15) is 0 Å². The number of benzene rings is 2. The van der Waals surface area contributed by atoms with Crippen LogP contribution in [0.25, 0.3) is 0 Å². The van der Waals surface area contributed by atoms with Gasteiger partial charge in [0.15, 0.2) is 11.5 Å². The van der Waals surface area contributed by atoms with Gasteiger partial charge in [0.25, 0.3) is 11.8 Å². The first-order chi connectivity index (χ1) is 15.1. The summed E-state index contributed by atoms with van der Waals surface area (Å²) in [5.74, 6) is 0.774. The molecule has 1 heterocycles. The smallest absolute Gasteiger partial charge is 0.273 e. The van der Waals surface area contributed by atoms with Crippen molar-refractivity contribution in [2.45, 2.75) is 32.7 Å². The summed E-state index contributed by atoms with van der Waals surface area (Å²) in [6.45, 7) is 3.45. The van der Waals surface area contributed by atoms with Crippen molar-refractivity contribution < 1.29 is 14.1 Å². The first-order valence-electron chi connectivity index (χ1n) is 10.7. The highest BCUT2D eigenvalue weighted by Gasteiger charge is 2.23. The van der Waals surface area contributed by atoms with Crippen molar-refractivity contribution >= 4 is 11.8 Å². The Labute approximate surface area is 182 Å². The Kier molecular flexibility index (Phi) is 6.46. The van der Waals surface area contributed by atoms with E-state index in [0.29, 0.717) is 30.3 Å². The number of amides is 2. The summed E-state index contributed by atoms with van der Waals surface area (Å²) in [7, 11) is 0. The topological polar surface area (TPSA) is 75.4 Å². The first kappa shape index (κ1) is 20.8. The van der Waals surface area contributed by atoms with Gasteiger partial charge in [0.05, 0.1) is 6.54 Å². The summed E-state index contributed by atoms with van der Waals surface area (Å²) in [5.41, 5.74) is 3.13. The third kappa shape index (κ3) is 5.81. The Bertz CT molecular complexity index is 1020. The van der Waals surface area contributed by atoms with Crippen LogP contribution in [0.1, 0.15) is 50.6 Å². The van der Waals surface area contributed by atoms with E-state index in [-0.39, 0.29) is 24.1 Å². The van der Waals surface area contributed by atoms with E-state index < -0.39 is 0 Å². The number of hydrogen-bond acceptors (Lipinski definition) is 4. The predicted molar refractivity (Wildman–Crippen MR) is 118 cm³/mol. The van der Waals surface area contributed by atoms with Crippen LogP contribution in [0.3, 0.4) is 0 Å². The third-order valence-corrected chi connectivity index (χ3v) is 5.49. The average molecular weight is 418 g/mol. The van der Waals surface area contributed by atoms with Gasteiger partial charge in [-0.25, -0.2) is 0 Å². The third-order valence-electron chi connectivity index (χ3n) is 5.49. The first-order valence-corrected chi connectivity index (χ1v) is 10.7. The summed E-state index contributed by atoms with van der Waals surface area (Å²) >= 11 is 0. The van der Waals surface area contributed by atoms with Crippen molar-refractivity contribution in [1.29, 1.82) is 0 Å². The lowest BCUT2D eigenvalue weighted by atomic mass is 10.1. The summed E-state index contributed by atoms with van der Waals surface area (Å²) < 4.78 is 5.39. The molecule has 0 unspecified atom stereocenters. The molecule has 0 radical (unpaired) electrons. The maximum atomic E-state index is 13.2. The number of rotatable bonds is 9. The Morgan fingerprint density at radius 1 is 1.10 bits per heavy atom. The lowest BCUT2D eigenvalue weighted by Gasteiger charge is -2.21. The van der Waals surface area contributed by atoms with Crippen molar-refractivity contribution in [1.82, 2.24) is 15.4 Å². The van der Waals surface area contributed by atoms with Crippen molar-refractivity contribution in [3.8, 4) is 0 Å². The molecule has 2 aromatic carbocycles. The van der Waals surface area contributed by atoms with Gasteiger partial charge >= 0.3 is 0 Å². The molecule has 3 aromatic rings. The van der Waals surface area contributed by atoms with Crippen molar-refractivity contribution in [2.24, 2.45) is 5.92 Å². The molecule has 6 nitrogen and oxygen atoms in total. The van der Waals surface area contributed by atoms with Crippen LogP contribution >= 0.6 is 0 Å². The number of aryl methyl sites for hydroxylation is 1. The molecule has 0 atom stereocenters. The van der Waals surface area contributed by atoms with E-state index in [1.165, 1.54) is 12.8 Å². The van der Waals surface area contributed by atoms with Gasteiger partial charge in [-0.05, 0) is 49.8 Å². The number of aromatic nitrogens is 1. The fourth-order valence-corrected chi connectivity index (χ4v) is 3.37. The van der Waals surface area contributed by atoms with Crippen LogP contribution in [0.15, 0.2) is 65.2 Å². The Morgan fingerprint density at radius 2 is 1.84 bits per heavy atom. The van der Waals surface area contributed by atoms with Crippen LogP contribution in [0, 0.1) is 12.8 Å². The quantitative estimate of drug-likeness (QED) is 0.571. The molecule has 1 aromatic heterocycles. The zero-order chi connectivity index (χ0) is 21.6. The number of carbonyl (C=O) groups is 2. The number of hydrogen-bond donors (Lipinski definition) is 1. The van der Waals surface area contributed by atoms with E-state index in [9.17, 15) is 9.59 Å². The van der Waals surface area contributed by atoms with Gasteiger partial charge in [-0.2, -0.15) is 0 Å². The molecule has 0 saturated heterocycles. The Morgan fingerprint density at radius 3 is 2.55 bits per heavy atom. The van der Waals surface area contributed by atoms with Gasteiger partial charge < -0.3 is 14.7 Å². The maximum absolute atomic E-state index is 13.2. The molecule has 6 heteroatoms. The molecule has 1 aliphatic rings. The fourth-order valence-electron chi connectivity index (χ4n) is 3.37. The van der Waals surface area contributed by atoms with Gasteiger partial charge in [0.2, 0.25) is 0 Å². The van der Waals surface area contributed by atoms with Gasteiger partial charge in [-0.15, -0.1) is 0 Å². The maximum Gasteiger partial charge on any atom is 0.273 e. The molecular formula is C25H27N3O3. The van der Waals surface area contributed by atoms with E-state index in [0.717, 1.165) is 17.5 Å². The lowest BCUT2D eigenvalue weighted by Crippen LogP contribution is -2.32. The van der Waals surface area contributed by atoms with Crippen molar-refractivity contribution in [3.05, 3.63) is 88.8 Å². The van der Waals surface area contributed by atoms with Crippen LogP contribution in [-0.4, -0.2) is 35.0 Å². The number of nitrogens with zero attached hydrogens (tertiary/aromatic N) is 2. The van der Waals surface area contributed by atoms with E-state index in [4.69, 9.17) is 4.52 Å².